The van der Waals surface area contributed by atoms with Crippen molar-refractivity contribution in [3.05, 3.63) is 35.4 Å². The second kappa shape index (κ2) is 9.99. The first-order valence-electron chi connectivity index (χ1n) is 8.49. The van der Waals surface area contributed by atoms with Crippen molar-refractivity contribution in [1.82, 2.24) is 5.32 Å². The highest BCUT2D eigenvalue weighted by atomic mass is 14.9. The summed E-state index contributed by atoms with van der Waals surface area (Å²) in [5.74, 6) is 0.878. The van der Waals surface area contributed by atoms with Crippen LogP contribution in [0.2, 0.25) is 0 Å². The molecule has 0 fully saturated rings. The molecule has 0 saturated heterocycles. The molecule has 0 bridgehead atoms. The Balaban J connectivity index is 2.61. The van der Waals surface area contributed by atoms with Gasteiger partial charge in [-0.3, -0.25) is 0 Å². The Morgan fingerprint density at radius 3 is 2.45 bits per heavy atom. The molecular formula is C19H33N. The lowest BCUT2D eigenvalue weighted by molar-refractivity contribution is 0.350. The maximum Gasteiger partial charge on any atom is 0.0110 e. The van der Waals surface area contributed by atoms with E-state index >= 15 is 0 Å². The summed E-state index contributed by atoms with van der Waals surface area (Å²) >= 11 is 0. The Kier molecular flexibility index (Phi) is 8.60. The number of nitrogens with one attached hydrogen (secondary N) is 1. The Hall–Kier alpha value is -0.820. The molecule has 1 aromatic rings. The number of aryl methyl sites for hydroxylation is 1. The van der Waals surface area contributed by atoms with E-state index in [4.69, 9.17) is 0 Å². The van der Waals surface area contributed by atoms with Crippen LogP contribution in [-0.2, 0) is 6.42 Å². The van der Waals surface area contributed by atoms with Gasteiger partial charge in [-0.15, -0.1) is 0 Å². The first-order chi connectivity index (χ1) is 9.71. The van der Waals surface area contributed by atoms with Crippen molar-refractivity contribution >= 4 is 0 Å². The molecule has 1 heteroatoms. The van der Waals surface area contributed by atoms with Crippen LogP contribution in [0.4, 0.5) is 0 Å². The maximum absolute atomic E-state index is 3.70. The van der Waals surface area contributed by atoms with Crippen LogP contribution < -0.4 is 5.32 Å². The molecule has 1 N–H and O–H groups in total. The van der Waals surface area contributed by atoms with Gasteiger partial charge in [-0.25, -0.2) is 0 Å². The molecule has 0 aliphatic carbocycles. The Bertz CT molecular complexity index is 359. The van der Waals surface area contributed by atoms with Crippen LogP contribution >= 0.6 is 0 Å². The van der Waals surface area contributed by atoms with E-state index in [1.807, 2.05) is 0 Å². The van der Waals surface area contributed by atoms with E-state index in [2.05, 4.69) is 57.3 Å². The second-order valence-corrected chi connectivity index (χ2v) is 6.04. The molecule has 114 valence electrons. The molecular weight excluding hydrogens is 242 g/mol. The molecule has 1 rings (SSSR count). The minimum absolute atomic E-state index is 0.628. The van der Waals surface area contributed by atoms with Gasteiger partial charge < -0.3 is 5.32 Å². The average Bonchev–Trinajstić information content (AvgIpc) is 2.46. The summed E-state index contributed by atoms with van der Waals surface area (Å²) in [5.41, 5.74) is 2.93. The fourth-order valence-electron chi connectivity index (χ4n) is 3.02. The zero-order chi connectivity index (χ0) is 14.8. The molecule has 2 atom stereocenters. The van der Waals surface area contributed by atoms with E-state index in [0.717, 1.165) is 12.5 Å². The molecule has 0 aromatic heterocycles. The topological polar surface area (TPSA) is 12.0 Å². The van der Waals surface area contributed by atoms with Gasteiger partial charge in [-0.1, -0.05) is 70.7 Å². The predicted octanol–water partition coefficient (Wildman–Crippen LogP) is 5.12. The third-order valence-electron chi connectivity index (χ3n) is 4.38. The minimum atomic E-state index is 0.628. The van der Waals surface area contributed by atoms with Gasteiger partial charge in [-0.05, 0) is 43.4 Å². The summed E-state index contributed by atoms with van der Waals surface area (Å²) in [6.07, 6.45) is 7.89. The predicted molar refractivity (Wildman–Crippen MR) is 90.3 cm³/mol. The van der Waals surface area contributed by atoms with E-state index < -0.39 is 0 Å². The highest BCUT2D eigenvalue weighted by Crippen LogP contribution is 2.21. The number of likely N-dealkylation sites (N-methyl/N-ethyl adjacent to an activating group) is 1. The van der Waals surface area contributed by atoms with Gasteiger partial charge >= 0.3 is 0 Å². The van der Waals surface area contributed by atoms with Crippen LogP contribution in [0.1, 0.15) is 64.0 Å². The Morgan fingerprint density at radius 1 is 1.10 bits per heavy atom. The minimum Gasteiger partial charge on any atom is -0.314 e. The number of rotatable bonds is 10. The van der Waals surface area contributed by atoms with Crippen LogP contribution in [0.3, 0.4) is 0 Å². The lowest BCUT2D eigenvalue weighted by atomic mass is 9.89. The van der Waals surface area contributed by atoms with E-state index in [-0.39, 0.29) is 0 Å². The van der Waals surface area contributed by atoms with Gasteiger partial charge in [0.05, 0.1) is 0 Å². The molecule has 0 radical (unpaired) electrons. The van der Waals surface area contributed by atoms with E-state index in [9.17, 15) is 0 Å². The molecule has 0 heterocycles. The maximum atomic E-state index is 3.70. The molecule has 1 nitrogen and oxygen atoms in total. The lowest BCUT2D eigenvalue weighted by Crippen LogP contribution is -2.33. The van der Waals surface area contributed by atoms with Crippen molar-refractivity contribution in [2.24, 2.45) is 5.92 Å². The monoisotopic (exact) mass is 275 g/mol. The summed E-state index contributed by atoms with van der Waals surface area (Å²) in [4.78, 5) is 0. The van der Waals surface area contributed by atoms with Gasteiger partial charge in [0.1, 0.15) is 0 Å². The molecule has 2 unspecified atom stereocenters. The van der Waals surface area contributed by atoms with Crippen LogP contribution in [-0.4, -0.2) is 12.6 Å². The average molecular weight is 275 g/mol. The highest BCUT2D eigenvalue weighted by Gasteiger charge is 2.15. The van der Waals surface area contributed by atoms with Crippen LogP contribution in [0.25, 0.3) is 0 Å². The summed E-state index contributed by atoms with van der Waals surface area (Å²) in [5, 5.41) is 3.70. The number of unbranched alkanes of at least 4 members (excludes halogenated alkanes) is 1. The van der Waals surface area contributed by atoms with Crippen LogP contribution in [0.15, 0.2) is 24.3 Å². The second-order valence-electron chi connectivity index (χ2n) is 6.04. The highest BCUT2D eigenvalue weighted by molar-refractivity contribution is 5.26. The van der Waals surface area contributed by atoms with E-state index in [0.29, 0.717) is 6.04 Å². The van der Waals surface area contributed by atoms with Gasteiger partial charge in [0.2, 0.25) is 0 Å². The quantitative estimate of drug-likeness (QED) is 0.625. The molecule has 20 heavy (non-hydrogen) atoms. The standard InChI is InChI=1S/C19H33N/c1-5-8-12-17(6-2)14-19(20-7-3)15-18-13-10-9-11-16(18)4/h9-11,13,17,19-20H,5-8,12,14-15H2,1-4H3. The zero-order valence-electron chi connectivity index (χ0n) is 13.9. The Morgan fingerprint density at radius 2 is 1.85 bits per heavy atom. The first kappa shape index (κ1) is 17.2. The van der Waals surface area contributed by atoms with Crippen LogP contribution in [0.5, 0.6) is 0 Å². The molecule has 0 saturated carbocycles. The fourth-order valence-corrected chi connectivity index (χ4v) is 3.02. The van der Waals surface area contributed by atoms with Crippen molar-refractivity contribution in [3.63, 3.8) is 0 Å². The van der Waals surface area contributed by atoms with Crippen molar-refractivity contribution in [1.29, 1.82) is 0 Å². The lowest BCUT2D eigenvalue weighted by Gasteiger charge is -2.24. The molecule has 1 aromatic carbocycles. The number of hydrogen-bond acceptors (Lipinski definition) is 1. The first-order valence-corrected chi connectivity index (χ1v) is 8.49. The SMILES string of the molecule is CCCCC(CC)CC(Cc1ccccc1C)NCC. The van der Waals surface area contributed by atoms with Gasteiger partial charge in [0, 0.05) is 6.04 Å². The van der Waals surface area contributed by atoms with E-state index in [1.165, 1.54) is 49.7 Å². The zero-order valence-corrected chi connectivity index (χ0v) is 13.9. The summed E-state index contributed by atoms with van der Waals surface area (Å²) in [6.45, 7) is 10.2. The normalized spacial score (nSPS) is 14.2. The van der Waals surface area contributed by atoms with Crippen molar-refractivity contribution in [2.45, 2.75) is 72.3 Å². The Labute approximate surface area is 126 Å². The van der Waals surface area contributed by atoms with Crippen molar-refractivity contribution in [3.8, 4) is 0 Å². The van der Waals surface area contributed by atoms with E-state index in [1.54, 1.807) is 0 Å². The number of hydrogen-bond donors (Lipinski definition) is 1. The molecule has 0 aliphatic rings. The number of benzene rings is 1. The summed E-state index contributed by atoms with van der Waals surface area (Å²) in [7, 11) is 0. The summed E-state index contributed by atoms with van der Waals surface area (Å²) < 4.78 is 0. The summed E-state index contributed by atoms with van der Waals surface area (Å²) in [6, 6.07) is 9.44. The molecule has 0 spiro atoms. The third-order valence-corrected chi connectivity index (χ3v) is 4.38. The fraction of sp³-hybridized carbons (Fsp3) is 0.684. The van der Waals surface area contributed by atoms with Crippen molar-refractivity contribution in [2.75, 3.05) is 6.54 Å². The van der Waals surface area contributed by atoms with Gasteiger partial charge in [0.25, 0.3) is 0 Å². The van der Waals surface area contributed by atoms with Gasteiger partial charge in [-0.2, -0.15) is 0 Å². The largest absolute Gasteiger partial charge is 0.314 e. The molecule has 0 amide bonds. The molecule has 0 aliphatic heterocycles. The van der Waals surface area contributed by atoms with Crippen molar-refractivity contribution < 1.29 is 0 Å². The third kappa shape index (κ3) is 6.09. The van der Waals surface area contributed by atoms with Gasteiger partial charge in [0.15, 0.2) is 0 Å². The smallest absolute Gasteiger partial charge is 0.0110 e. The van der Waals surface area contributed by atoms with Crippen LogP contribution in [0, 0.1) is 12.8 Å².